The van der Waals surface area contributed by atoms with E-state index in [1.807, 2.05) is 0 Å². The van der Waals surface area contributed by atoms with Gasteiger partial charge in [-0.25, -0.2) is 9.18 Å². The molecule has 0 heterocycles. The van der Waals surface area contributed by atoms with Crippen LogP contribution >= 0.6 is 15.9 Å². The maximum atomic E-state index is 14.0. The molecular formula is C13H17BrFNO3. The van der Waals surface area contributed by atoms with E-state index in [0.717, 1.165) is 5.56 Å². The molecule has 0 saturated carbocycles. The summed E-state index contributed by atoms with van der Waals surface area (Å²) >= 11 is 3.27. The molecular weight excluding hydrogens is 317 g/mol. The maximum Gasteiger partial charge on any atom is 0.412 e. The van der Waals surface area contributed by atoms with Crippen molar-refractivity contribution in [1.29, 1.82) is 0 Å². The van der Waals surface area contributed by atoms with Crippen LogP contribution in [0.3, 0.4) is 0 Å². The van der Waals surface area contributed by atoms with Crippen molar-refractivity contribution in [2.75, 3.05) is 12.4 Å². The van der Waals surface area contributed by atoms with Crippen LogP contribution in [0.25, 0.3) is 0 Å². The molecule has 1 aromatic carbocycles. The zero-order valence-electron chi connectivity index (χ0n) is 11.3. The molecule has 1 rings (SSSR count). The van der Waals surface area contributed by atoms with Gasteiger partial charge in [0.1, 0.15) is 5.60 Å². The molecule has 1 N–H and O–H groups in total. The van der Waals surface area contributed by atoms with Crippen LogP contribution in [0.2, 0.25) is 0 Å². The number of alkyl halides is 1. The largest absolute Gasteiger partial charge is 0.494 e. The fourth-order valence-electron chi connectivity index (χ4n) is 1.39. The van der Waals surface area contributed by atoms with Crippen LogP contribution < -0.4 is 10.1 Å². The number of ether oxygens (including phenoxy) is 2. The van der Waals surface area contributed by atoms with Gasteiger partial charge in [0, 0.05) is 5.33 Å². The summed E-state index contributed by atoms with van der Waals surface area (Å²) in [6.07, 6.45) is -0.708. The van der Waals surface area contributed by atoms with Gasteiger partial charge in [0.25, 0.3) is 0 Å². The summed E-state index contributed by atoms with van der Waals surface area (Å²) in [5, 5.41) is 2.90. The van der Waals surface area contributed by atoms with E-state index < -0.39 is 17.5 Å². The van der Waals surface area contributed by atoms with Gasteiger partial charge in [-0.15, -0.1) is 0 Å². The van der Waals surface area contributed by atoms with Crippen LogP contribution in [-0.4, -0.2) is 18.8 Å². The molecule has 6 heteroatoms. The van der Waals surface area contributed by atoms with Crippen LogP contribution in [0.4, 0.5) is 14.9 Å². The molecule has 19 heavy (non-hydrogen) atoms. The van der Waals surface area contributed by atoms with Crippen LogP contribution in [0.5, 0.6) is 5.75 Å². The van der Waals surface area contributed by atoms with Crippen LogP contribution in [0.1, 0.15) is 26.3 Å². The fourth-order valence-corrected chi connectivity index (χ4v) is 1.71. The van der Waals surface area contributed by atoms with Gasteiger partial charge in [-0.05, 0) is 38.5 Å². The lowest BCUT2D eigenvalue weighted by Crippen LogP contribution is -2.27. The van der Waals surface area contributed by atoms with E-state index in [4.69, 9.17) is 9.47 Å². The molecule has 0 atom stereocenters. The van der Waals surface area contributed by atoms with Crippen molar-refractivity contribution in [1.82, 2.24) is 0 Å². The Hall–Kier alpha value is -1.30. The Kier molecular flexibility index (Phi) is 5.17. The molecule has 1 amide bonds. The van der Waals surface area contributed by atoms with Gasteiger partial charge in [-0.1, -0.05) is 15.9 Å². The van der Waals surface area contributed by atoms with E-state index in [1.54, 1.807) is 26.8 Å². The number of amides is 1. The molecule has 0 aliphatic heterocycles. The van der Waals surface area contributed by atoms with E-state index in [1.165, 1.54) is 13.2 Å². The minimum atomic E-state index is -0.708. The normalized spacial score (nSPS) is 11.1. The number of rotatable bonds is 3. The number of benzene rings is 1. The highest BCUT2D eigenvalue weighted by molar-refractivity contribution is 9.08. The van der Waals surface area contributed by atoms with E-state index in [0.29, 0.717) is 5.33 Å². The first-order chi connectivity index (χ1) is 8.76. The van der Waals surface area contributed by atoms with Gasteiger partial charge in [-0.2, -0.15) is 0 Å². The molecule has 0 aliphatic rings. The van der Waals surface area contributed by atoms with E-state index in [-0.39, 0.29) is 11.4 Å². The average Bonchev–Trinajstić information content (AvgIpc) is 2.29. The van der Waals surface area contributed by atoms with Gasteiger partial charge < -0.3 is 9.47 Å². The van der Waals surface area contributed by atoms with Gasteiger partial charge in [0.05, 0.1) is 12.8 Å². The Labute approximate surface area is 120 Å². The quantitative estimate of drug-likeness (QED) is 0.848. The van der Waals surface area contributed by atoms with Gasteiger partial charge in [0.15, 0.2) is 11.6 Å². The summed E-state index contributed by atoms with van der Waals surface area (Å²) in [6, 6.07) is 3.08. The van der Waals surface area contributed by atoms with Crippen molar-refractivity contribution >= 4 is 27.7 Å². The zero-order chi connectivity index (χ0) is 14.6. The van der Waals surface area contributed by atoms with E-state index in [9.17, 15) is 9.18 Å². The highest BCUT2D eigenvalue weighted by Crippen LogP contribution is 2.28. The molecule has 0 bridgehead atoms. The van der Waals surface area contributed by atoms with Crippen LogP contribution in [-0.2, 0) is 10.1 Å². The number of nitrogens with one attached hydrogen (secondary N) is 1. The van der Waals surface area contributed by atoms with Crippen molar-refractivity contribution in [3.63, 3.8) is 0 Å². The summed E-state index contributed by atoms with van der Waals surface area (Å²) in [5.41, 5.74) is 0.171. The van der Waals surface area contributed by atoms with Gasteiger partial charge in [0.2, 0.25) is 0 Å². The smallest absolute Gasteiger partial charge is 0.412 e. The molecule has 0 spiro atoms. The zero-order valence-corrected chi connectivity index (χ0v) is 12.9. The minimum Gasteiger partial charge on any atom is -0.494 e. The second kappa shape index (κ2) is 6.23. The number of hydrogen-bond donors (Lipinski definition) is 1. The number of carbonyl (C=O) groups excluding carboxylic acids is 1. The Morgan fingerprint density at radius 2 is 2.05 bits per heavy atom. The number of methoxy groups -OCH3 is 1. The molecule has 1 aromatic rings. The number of anilines is 1. The molecule has 0 radical (unpaired) electrons. The third-order valence-electron chi connectivity index (χ3n) is 2.11. The van der Waals surface area contributed by atoms with Gasteiger partial charge >= 0.3 is 6.09 Å². The Morgan fingerprint density at radius 3 is 2.53 bits per heavy atom. The maximum absolute atomic E-state index is 14.0. The lowest BCUT2D eigenvalue weighted by atomic mass is 10.2. The van der Waals surface area contributed by atoms with Crippen molar-refractivity contribution < 1.29 is 18.7 Å². The Balaban J connectivity index is 2.97. The summed E-state index contributed by atoms with van der Waals surface area (Å²) in [5.74, 6) is -0.555. The SMILES string of the molecule is COc1cc(CBr)cc(NC(=O)OC(C)(C)C)c1F. The van der Waals surface area contributed by atoms with Crippen molar-refractivity contribution in [3.05, 3.63) is 23.5 Å². The lowest BCUT2D eigenvalue weighted by Gasteiger charge is -2.20. The molecule has 0 aliphatic carbocycles. The van der Waals surface area contributed by atoms with E-state index >= 15 is 0 Å². The topological polar surface area (TPSA) is 47.6 Å². The second-order valence-corrected chi connectivity index (χ2v) is 5.48. The predicted octanol–water partition coefficient (Wildman–Crippen LogP) is 4.08. The number of hydrogen-bond acceptors (Lipinski definition) is 3. The second-order valence-electron chi connectivity index (χ2n) is 4.92. The molecule has 4 nitrogen and oxygen atoms in total. The standard InChI is InChI=1S/C13H17BrFNO3/c1-13(2,3)19-12(17)16-9-5-8(7-14)6-10(18-4)11(9)15/h5-6H,7H2,1-4H3,(H,16,17). The highest BCUT2D eigenvalue weighted by Gasteiger charge is 2.19. The lowest BCUT2D eigenvalue weighted by molar-refractivity contribution is 0.0635. The number of carbonyl (C=O) groups is 1. The minimum absolute atomic E-state index is 0.0306. The third kappa shape index (κ3) is 4.70. The first-order valence-corrected chi connectivity index (χ1v) is 6.81. The predicted molar refractivity (Wildman–Crippen MR) is 75.4 cm³/mol. The first kappa shape index (κ1) is 15.8. The van der Waals surface area contributed by atoms with Crippen LogP contribution in [0.15, 0.2) is 12.1 Å². The van der Waals surface area contributed by atoms with E-state index in [2.05, 4.69) is 21.2 Å². The summed E-state index contributed by atoms with van der Waals surface area (Å²) < 4.78 is 24.0. The molecule has 106 valence electrons. The van der Waals surface area contributed by atoms with Crippen molar-refractivity contribution in [3.8, 4) is 5.75 Å². The number of halogens is 2. The van der Waals surface area contributed by atoms with Crippen molar-refractivity contribution in [2.24, 2.45) is 0 Å². The average molecular weight is 334 g/mol. The molecule has 0 aromatic heterocycles. The summed E-state index contributed by atoms with van der Waals surface area (Å²) in [4.78, 5) is 11.6. The monoisotopic (exact) mass is 333 g/mol. The highest BCUT2D eigenvalue weighted by atomic mass is 79.9. The summed E-state index contributed by atoms with van der Waals surface area (Å²) in [6.45, 7) is 5.20. The Bertz CT molecular complexity index is 472. The summed E-state index contributed by atoms with van der Waals surface area (Å²) in [7, 11) is 1.37. The van der Waals surface area contributed by atoms with Crippen LogP contribution in [0, 0.1) is 5.82 Å². The molecule has 0 unspecified atom stereocenters. The van der Waals surface area contributed by atoms with Crippen molar-refractivity contribution in [2.45, 2.75) is 31.7 Å². The molecule has 0 fully saturated rings. The Morgan fingerprint density at radius 1 is 1.42 bits per heavy atom. The van der Waals surface area contributed by atoms with Gasteiger partial charge in [-0.3, -0.25) is 5.32 Å². The third-order valence-corrected chi connectivity index (χ3v) is 2.76. The fraction of sp³-hybridized carbons (Fsp3) is 0.462. The first-order valence-electron chi connectivity index (χ1n) is 5.69. The molecule has 0 saturated heterocycles.